The molecule has 0 aliphatic heterocycles. The maximum atomic E-state index is 13.2. The zero-order valence-electron chi connectivity index (χ0n) is 7.43. The summed E-state index contributed by atoms with van der Waals surface area (Å²) in [6, 6.07) is 2.99. The number of methoxy groups -OCH3 is 2. The molecule has 0 atom stereocenters. The van der Waals surface area contributed by atoms with E-state index in [1.165, 1.54) is 20.3 Å². The number of halogens is 2. The van der Waals surface area contributed by atoms with E-state index in [-0.39, 0.29) is 5.82 Å². The van der Waals surface area contributed by atoms with Gasteiger partial charge in [-0.1, -0.05) is 22.6 Å². The van der Waals surface area contributed by atoms with Crippen LogP contribution in [0.3, 0.4) is 0 Å². The van der Waals surface area contributed by atoms with Gasteiger partial charge in [-0.25, -0.2) is 4.39 Å². The van der Waals surface area contributed by atoms with Gasteiger partial charge in [0.25, 0.3) is 0 Å². The molecular formula is C9H10FIO2. The largest absolute Gasteiger partial charge is 0.493 e. The Balaban J connectivity index is 3.18. The number of ether oxygens (including phenoxy) is 2. The summed E-state index contributed by atoms with van der Waals surface area (Å²) in [5, 5.41) is 0. The fraction of sp³-hybridized carbons (Fsp3) is 0.333. The normalized spacial score (nSPS) is 9.85. The summed E-state index contributed by atoms with van der Waals surface area (Å²) in [7, 11) is 3.02. The van der Waals surface area contributed by atoms with Crippen LogP contribution in [0.5, 0.6) is 11.5 Å². The predicted molar refractivity (Wildman–Crippen MR) is 57.2 cm³/mol. The van der Waals surface area contributed by atoms with Crippen molar-refractivity contribution in [1.82, 2.24) is 0 Å². The fourth-order valence-corrected chi connectivity index (χ4v) is 1.58. The van der Waals surface area contributed by atoms with Crippen LogP contribution in [0.2, 0.25) is 0 Å². The van der Waals surface area contributed by atoms with E-state index < -0.39 is 0 Å². The van der Waals surface area contributed by atoms with Gasteiger partial charge in [0.15, 0.2) is 11.5 Å². The molecule has 0 heterocycles. The van der Waals surface area contributed by atoms with Gasteiger partial charge in [-0.05, 0) is 6.07 Å². The maximum absolute atomic E-state index is 13.2. The van der Waals surface area contributed by atoms with Crippen LogP contribution >= 0.6 is 22.6 Å². The molecule has 0 fully saturated rings. The van der Waals surface area contributed by atoms with Crippen molar-refractivity contribution >= 4 is 22.6 Å². The lowest BCUT2D eigenvalue weighted by molar-refractivity contribution is 0.352. The number of benzene rings is 1. The van der Waals surface area contributed by atoms with Gasteiger partial charge in [-0.3, -0.25) is 0 Å². The maximum Gasteiger partial charge on any atom is 0.163 e. The topological polar surface area (TPSA) is 18.5 Å². The van der Waals surface area contributed by atoms with E-state index >= 15 is 0 Å². The summed E-state index contributed by atoms with van der Waals surface area (Å²) in [4.78, 5) is 0. The quantitative estimate of drug-likeness (QED) is 0.631. The lowest BCUT2D eigenvalue weighted by Gasteiger charge is -2.09. The van der Waals surface area contributed by atoms with E-state index in [4.69, 9.17) is 9.47 Å². The first-order valence-electron chi connectivity index (χ1n) is 3.69. The molecule has 0 bridgehead atoms. The molecule has 0 aliphatic carbocycles. The van der Waals surface area contributed by atoms with Crippen molar-refractivity contribution in [3.63, 3.8) is 0 Å². The SMILES string of the molecule is COc1cc(F)c(CI)cc1OC. The average molecular weight is 296 g/mol. The van der Waals surface area contributed by atoms with E-state index in [2.05, 4.69) is 22.6 Å². The molecule has 4 heteroatoms. The zero-order valence-corrected chi connectivity index (χ0v) is 9.59. The summed E-state index contributed by atoms with van der Waals surface area (Å²) >= 11 is 2.10. The Morgan fingerprint density at radius 1 is 1.23 bits per heavy atom. The Labute approximate surface area is 90.2 Å². The third-order valence-corrected chi connectivity index (χ3v) is 2.52. The second kappa shape index (κ2) is 4.64. The van der Waals surface area contributed by atoms with Crippen molar-refractivity contribution in [2.75, 3.05) is 14.2 Å². The number of alkyl halides is 1. The van der Waals surface area contributed by atoms with Crippen molar-refractivity contribution in [1.29, 1.82) is 0 Å². The highest BCUT2D eigenvalue weighted by molar-refractivity contribution is 14.1. The molecule has 72 valence electrons. The van der Waals surface area contributed by atoms with Gasteiger partial charge < -0.3 is 9.47 Å². The second-order valence-electron chi connectivity index (χ2n) is 2.43. The van der Waals surface area contributed by atoms with Gasteiger partial charge >= 0.3 is 0 Å². The monoisotopic (exact) mass is 296 g/mol. The van der Waals surface area contributed by atoms with Gasteiger partial charge in [0, 0.05) is 16.1 Å². The highest BCUT2D eigenvalue weighted by atomic mass is 127. The molecule has 1 aromatic rings. The molecule has 0 aliphatic rings. The van der Waals surface area contributed by atoms with Crippen molar-refractivity contribution in [3.8, 4) is 11.5 Å². The van der Waals surface area contributed by atoms with Gasteiger partial charge in [-0.2, -0.15) is 0 Å². The van der Waals surface area contributed by atoms with Crippen molar-refractivity contribution < 1.29 is 13.9 Å². The van der Waals surface area contributed by atoms with Crippen LogP contribution in [-0.4, -0.2) is 14.2 Å². The standard InChI is InChI=1S/C9H10FIO2/c1-12-8-3-6(5-11)7(10)4-9(8)13-2/h3-4H,5H2,1-2H3. The van der Waals surface area contributed by atoms with E-state index in [1.807, 2.05) is 0 Å². The smallest absolute Gasteiger partial charge is 0.163 e. The average Bonchev–Trinajstić information content (AvgIpc) is 2.17. The Hall–Kier alpha value is -0.520. The van der Waals surface area contributed by atoms with Crippen molar-refractivity contribution in [2.45, 2.75) is 4.43 Å². The minimum atomic E-state index is -0.257. The molecule has 0 amide bonds. The third-order valence-electron chi connectivity index (χ3n) is 1.70. The number of hydrogen-bond acceptors (Lipinski definition) is 2. The van der Waals surface area contributed by atoms with Crippen LogP contribution in [0.25, 0.3) is 0 Å². The number of hydrogen-bond donors (Lipinski definition) is 0. The molecule has 0 aromatic heterocycles. The molecular weight excluding hydrogens is 286 g/mol. The van der Waals surface area contributed by atoms with Crippen LogP contribution in [0, 0.1) is 5.82 Å². The van der Waals surface area contributed by atoms with Crippen LogP contribution < -0.4 is 9.47 Å². The molecule has 0 N–H and O–H groups in total. The van der Waals surface area contributed by atoms with E-state index in [1.54, 1.807) is 6.07 Å². The summed E-state index contributed by atoms with van der Waals surface area (Å²) in [6.07, 6.45) is 0. The molecule has 1 aromatic carbocycles. The minimum absolute atomic E-state index is 0.257. The van der Waals surface area contributed by atoms with Gasteiger partial charge in [-0.15, -0.1) is 0 Å². The first kappa shape index (κ1) is 10.6. The Bertz CT molecular complexity index is 302. The highest BCUT2D eigenvalue weighted by Crippen LogP contribution is 2.30. The van der Waals surface area contributed by atoms with E-state index in [0.717, 1.165) is 0 Å². The Morgan fingerprint density at radius 2 is 1.77 bits per heavy atom. The van der Waals surface area contributed by atoms with Crippen LogP contribution in [0.4, 0.5) is 4.39 Å². The molecule has 0 saturated heterocycles. The number of rotatable bonds is 3. The van der Waals surface area contributed by atoms with Crippen LogP contribution in [0.15, 0.2) is 12.1 Å². The molecule has 13 heavy (non-hydrogen) atoms. The zero-order chi connectivity index (χ0) is 9.84. The summed E-state index contributed by atoms with van der Waals surface area (Å²) in [5.74, 6) is 0.733. The van der Waals surface area contributed by atoms with Crippen molar-refractivity contribution in [3.05, 3.63) is 23.5 Å². The summed E-state index contributed by atoms with van der Waals surface area (Å²) in [5.41, 5.74) is 0.623. The summed E-state index contributed by atoms with van der Waals surface area (Å²) < 4.78 is 23.8. The van der Waals surface area contributed by atoms with Gasteiger partial charge in [0.2, 0.25) is 0 Å². The lowest BCUT2D eigenvalue weighted by atomic mass is 10.2. The molecule has 0 saturated carbocycles. The first-order valence-corrected chi connectivity index (χ1v) is 5.21. The minimum Gasteiger partial charge on any atom is -0.493 e. The second-order valence-corrected chi connectivity index (χ2v) is 3.20. The molecule has 2 nitrogen and oxygen atoms in total. The Morgan fingerprint density at radius 3 is 2.23 bits per heavy atom. The Kier molecular flexibility index (Phi) is 3.77. The van der Waals surface area contributed by atoms with Gasteiger partial charge in [0.1, 0.15) is 5.82 Å². The van der Waals surface area contributed by atoms with E-state index in [0.29, 0.717) is 21.5 Å². The molecule has 0 radical (unpaired) electrons. The predicted octanol–water partition coefficient (Wildman–Crippen LogP) is 2.78. The van der Waals surface area contributed by atoms with Crippen molar-refractivity contribution in [2.24, 2.45) is 0 Å². The highest BCUT2D eigenvalue weighted by Gasteiger charge is 2.09. The fourth-order valence-electron chi connectivity index (χ4n) is 0.999. The third kappa shape index (κ3) is 2.24. The van der Waals surface area contributed by atoms with Crippen LogP contribution in [0.1, 0.15) is 5.56 Å². The van der Waals surface area contributed by atoms with Gasteiger partial charge in [0.05, 0.1) is 14.2 Å². The molecule has 0 unspecified atom stereocenters. The molecule has 1 rings (SSSR count). The van der Waals surface area contributed by atoms with Crippen LogP contribution in [-0.2, 0) is 4.43 Å². The first-order chi connectivity index (χ1) is 6.22. The van der Waals surface area contributed by atoms with E-state index in [9.17, 15) is 4.39 Å². The summed E-state index contributed by atoms with van der Waals surface area (Å²) in [6.45, 7) is 0. The molecule has 0 spiro atoms. The lowest BCUT2D eigenvalue weighted by Crippen LogP contribution is -1.94.